The van der Waals surface area contributed by atoms with Crippen LogP contribution in [0.4, 0.5) is 11.5 Å². The highest BCUT2D eigenvalue weighted by atomic mass is 35.5. The molecule has 6 heteroatoms. The normalized spacial score (nSPS) is 13.3. The van der Waals surface area contributed by atoms with Crippen molar-refractivity contribution in [3.05, 3.63) is 76.9 Å². The van der Waals surface area contributed by atoms with Gasteiger partial charge in [0.1, 0.15) is 5.82 Å². The summed E-state index contributed by atoms with van der Waals surface area (Å²) in [4.78, 5) is 14.8. The van der Waals surface area contributed by atoms with E-state index in [1.807, 2.05) is 36.4 Å². The molecule has 0 bridgehead atoms. The minimum absolute atomic E-state index is 0.0421. The molecule has 1 amide bonds. The van der Waals surface area contributed by atoms with E-state index in [2.05, 4.69) is 33.5 Å². The first-order chi connectivity index (χ1) is 13.2. The van der Waals surface area contributed by atoms with Crippen LogP contribution in [0.3, 0.4) is 0 Å². The van der Waals surface area contributed by atoms with Gasteiger partial charge in [0.05, 0.1) is 19.3 Å². The highest BCUT2D eigenvalue weighted by Crippen LogP contribution is 2.26. The Hall–Kier alpha value is -2.79. The summed E-state index contributed by atoms with van der Waals surface area (Å²) >= 11 is 6.05. The lowest BCUT2D eigenvalue weighted by molar-refractivity contribution is -0.115. The fraction of sp³-hybridized carbons (Fsp3) is 0.238. The number of anilines is 2. The molecule has 0 fully saturated rings. The van der Waals surface area contributed by atoms with Crippen LogP contribution in [0.25, 0.3) is 0 Å². The topological polar surface area (TPSA) is 50.2 Å². The van der Waals surface area contributed by atoms with Gasteiger partial charge in [0.25, 0.3) is 0 Å². The van der Waals surface area contributed by atoms with Crippen molar-refractivity contribution < 1.29 is 4.79 Å². The van der Waals surface area contributed by atoms with Gasteiger partial charge in [0.15, 0.2) is 0 Å². The second-order valence-corrected chi connectivity index (χ2v) is 7.14. The number of hydrogen-bond donors (Lipinski definition) is 1. The number of nitrogens with zero attached hydrogens (tertiary/aromatic N) is 3. The van der Waals surface area contributed by atoms with Crippen molar-refractivity contribution in [2.75, 3.05) is 23.3 Å². The molecule has 1 aliphatic rings. The van der Waals surface area contributed by atoms with Crippen molar-refractivity contribution in [1.29, 1.82) is 0 Å². The molecule has 0 spiro atoms. The molecule has 1 aromatic heterocycles. The van der Waals surface area contributed by atoms with E-state index in [4.69, 9.17) is 11.6 Å². The predicted octanol–water partition coefficient (Wildman–Crippen LogP) is 3.98. The van der Waals surface area contributed by atoms with Gasteiger partial charge in [-0.15, -0.1) is 0 Å². The summed E-state index contributed by atoms with van der Waals surface area (Å²) in [6.07, 6.45) is 3.83. The van der Waals surface area contributed by atoms with E-state index in [-0.39, 0.29) is 5.91 Å². The monoisotopic (exact) mass is 380 g/mol. The number of carbonyl (C=O) groups excluding carboxylic acids is 1. The zero-order valence-corrected chi connectivity index (χ0v) is 15.7. The van der Waals surface area contributed by atoms with Crippen LogP contribution in [0.2, 0.25) is 5.02 Å². The average molecular weight is 381 g/mol. The average Bonchev–Trinajstić information content (AvgIpc) is 3.08. The van der Waals surface area contributed by atoms with Crippen molar-refractivity contribution in [3.8, 4) is 0 Å². The number of fused-ring (bicyclic) bond motifs is 1. The zero-order valence-electron chi connectivity index (χ0n) is 14.9. The summed E-state index contributed by atoms with van der Waals surface area (Å²) in [5, 5.41) is 8.00. The number of rotatable bonds is 5. The Bertz CT molecular complexity index is 953. The number of halogens is 1. The van der Waals surface area contributed by atoms with Crippen LogP contribution in [-0.4, -0.2) is 28.8 Å². The first-order valence-corrected chi connectivity index (χ1v) is 9.46. The third-order valence-electron chi connectivity index (χ3n) is 4.75. The van der Waals surface area contributed by atoms with Crippen LogP contribution in [0.15, 0.2) is 60.8 Å². The van der Waals surface area contributed by atoms with Crippen LogP contribution >= 0.6 is 11.6 Å². The molecular formula is C21H21ClN4O. The minimum atomic E-state index is -0.0421. The van der Waals surface area contributed by atoms with Gasteiger partial charge in [0, 0.05) is 23.3 Å². The SMILES string of the molecule is O=C(CN1CCCc2ccccc21)Nc1ccnn1Cc1cccc(Cl)c1. The van der Waals surface area contributed by atoms with Crippen molar-refractivity contribution in [3.63, 3.8) is 0 Å². The van der Waals surface area contributed by atoms with Gasteiger partial charge < -0.3 is 10.2 Å². The molecule has 0 aliphatic carbocycles. The summed E-state index contributed by atoms with van der Waals surface area (Å²) in [7, 11) is 0. The maximum Gasteiger partial charge on any atom is 0.245 e. The molecule has 0 atom stereocenters. The molecule has 4 rings (SSSR count). The molecule has 1 N–H and O–H groups in total. The Balaban J connectivity index is 1.43. The van der Waals surface area contributed by atoms with Gasteiger partial charge in [-0.3, -0.25) is 4.79 Å². The molecule has 0 unspecified atom stereocenters. The Morgan fingerprint density at radius 3 is 2.93 bits per heavy atom. The fourth-order valence-electron chi connectivity index (χ4n) is 3.50. The van der Waals surface area contributed by atoms with Crippen LogP contribution in [-0.2, 0) is 17.8 Å². The Kier molecular flexibility index (Phi) is 5.12. The maximum atomic E-state index is 12.6. The molecule has 138 valence electrons. The van der Waals surface area contributed by atoms with Crippen molar-refractivity contribution in [2.24, 2.45) is 0 Å². The first-order valence-electron chi connectivity index (χ1n) is 9.08. The van der Waals surface area contributed by atoms with Crippen molar-refractivity contribution in [1.82, 2.24) is 9.78 Å². The van der Waals surface area contributed by atoms with Crippen LogP contribution < -0.4 is 10.2 Å². The first kappa shape index (κ1) is 17.6. The Morgan fingerprint density at radius 2 is 2.04 bits per heavy atom. The molecule has 27 heavy (non-hydrogen) atoms. The summed E-state index contributed by atoms with van der Waals surface area (Å²) in [6, 6.07) is 17.8. The third kappa shape index (κ3) is 4.14. The summed E-state index contributed by atoms with van der Waals surface area (Å²) < 4.78 is 1.77. The van der Waals surface area contributed by atoms with E-state index in [0.717, 1.165) is 30.6 Å². The number of aryl methyl sites for hydroxylation is 1. The number of benzene rings is 2. The standard InChI is InChI=1S/C21H21ClN4O/c22-18-8-3-5-16(13-18)14-26-20(10-11-23-26)24-21(27)15-25-12-4-7-17-6-1-2-9-19(17)25/h1-3,5-6,8-11,13H,4,7,12,14-15H2,(H,24,27). The number of hydrogen-bond acceptors (Lipinski definition) is 3. The zero-order chi connectivity index (χ0) is 18.6. The molecule has 2 aromatic carbocycles. The quantitative estimate of drug-likeness (QED) is 0.728. The number of aromatic nitrogens is 2. The fourth-order valence-corrected chi connectivity index (χ4v) is 3.72. The smallest absolute Gasteiger partial charge is 0.245 e. The largest absolute Gasteiger partial charge is 0.362 e. The molecular weight excluding hydrogens is 360 g/mol. The van der Waals surface area contributed by atoms with E-state index < -0.39 is 0 Å². The van der Waals surface area contributed by atoms with Crippen molar-refractivity contribution in [2.45, 2.75) is 19.4 Å². The Labute approximate surface area is 163 Å². The van der Waals surface area contributed by atoms with Gasteiger partial charge in [-0.2, -0.15) is 5.10 Å². The summed E-state index contributed by atoms with van der Waals surface area (Å²) in [5.74, 6) is 0.643. The lowest BCUT2D eigenvalue weighted by Crippen LogP contribution is -2.37. The maximum absolute atomic E-state index is 12.6. The van der Waals surface area contributed by atoms with E-state index in [9.17, 15) is 4.79 Å². The molecule has 1 aliphatic heterocycles. The summed E-state index contributed by atoms with van der Waals surface area (Å²) in [6.45, 7) is 1.78. The highest BCUT2D eigenvalue weighted by Gasteiger charge is 2.19. The van der Waals surface area contributed by atoms with Crippen LogP contribution in [0, 0.1) is 0 Å². The van der Waals surface area contributed by atoms with Gasteiger partial charge in [-0.1, -0.05) is 41.9 Å². The number of nitrogens with one attached hydrogen (secondary N) is 1. The Morgan fingerprint density at radius 1 is 1.15 bits per heavy atom. The lowest BCUT2D eigenvalue weighted by atomic mass is 10.0. The number of amides is 1. The third-order valence-corrected chi connectivity index (χ3v) is 4.98. The van der Waals surface area contributed by atoms with Crippen molar-refractivity contribution >= 4 is 29.0 Å². The van der Waals surface area contributed by atoms with E-state index >= 15 is 0 Å². The second-order valence-electron chi connectivity index (χ2n) is 6.71. The minimum Gasteiger partial charge on any atom is -0.362 e. The molecule has 0 radical (unpaired) electrons. The number of carbonyl (C=O) groups is 1. The molecule has 2 heterocycles. The van der Waals surface area contributed by atoms with Gasteiger partial charge in [-0.05, 0) is 42.2 Å². The molecule has 5 nitrogen and oxygen atoms in total. The van der Waals surface area contributed by atoms with Gasteiger partial charge in [-0.25, -0.2) is 4.68 Å². The summed E-state index contributed by atoms with van der Waals surface area (Å²) in [5.41, 5.74) is 3.50. The van der Waals surface area contributed by atoms with E-state index in [0.29, 0.717) is 23.9 Å². The highest BCUT2D eigenvalue weighted by molar-refractivity contribution is 6.30. The molecule has 0 saturated carbocycles. The molecule has 3 aromatic rings. The number of para-hydroxylation sites is 1. The van der Waals surface area contributed by atoms with Crippen LogP contribution in [0.5, 0.6) is 0 Å². The van der Waals surface area contributed by atoms with E-state index in [1.165, 1.54) is 5.56 Å². The van der Waals surface area contributed by atoms with Gasteiger partial charge in [0.2, 0.25) is 5.91 Å². The lowest BCUT2D eigenvalue weighted by Gasteiger charge is -2.30. The van der Waals surface area contributed by atoms with Crippen LogP contribution in [0.1, 0.15) is 17.5 Å². The van der Waals surface area contributed by atoms with E-state index in [1.54, 1.807) is 10.9 Å². The second kappa shape index (κ2) is 7.84. The van der Waals surface area contributed by atoms with Gasteiger partial charge >= 0.3 is 0 Å². The predicted molar refractivity (Wildman–Crippen MR) is 108 cm³/mol. The molecule has 0 saturated heterocycles.